The molecular formula is C18H24OS2. The molecule has 1 aromatic heterocycles. The van der Waals surface area contributed by atoms with Crippen molar-refractivity contribution < 1.29 is 0 Å². The van der Waals surface area contributed by atoms with Crippen LogP contribution in [0, 0.1) is 5.92 Å². The van der Waals surface area contributed by atoms with Crippen molar-refractivity contribution in [2.24, 2.45) is 5.92 Å². The van der Waals surface area contributed by atoms with Crippen LogP contribution in [0.5, 0.6) is 0 Å². The molecule has 2 rings (SSSR count). The maximum Gasteiger partial charge on any atom is 0.234 e. The number of thioether (sulfide) groups is 1. The number of unbranched alkanes of at least 4 members (excludes halogenated alkanes) is 2. The Morgan fingerprint density at radius 3 is 2.81 bits per heavy atom. The number of hydrogen-bond acceptors (Lipinski definition) is 3. The summed E-state index contributed by atoms with van der Waals surface area (Å²) < 4.78 is 1.26. The summed E-state index contributed by atoms with van der Waals surface area (Å²) in [5.41, 5.74) is 0. The Kier molecular flexibility index (Phi) is 6.78. The first-order valence-electron chi connectivity index (χ1n) is 7.86. The van der Waals surface area contributed by atoms with Crippen LogP contribution in [0.1, 0.15) is 46.0 Å². The van der Waals surface area contributed by atoms with Crippen LogP contribution in [0.15, 0.2) is 40.0 Å². The highest BCUT2D eigenvalue weighted by Crippen LogP contribution is 2.29. The van der Waals surface area contributed by atoms with Crippen molar-refractivity contribution in [3.63, 3.8) is 0 Å². The lowest BCUT2D eigenvalue weighted by Gasteiger charge is -2.08. The Hall–Kier alpha value is -0.800. The minimum Gasteiger partial charge on any atom is -0.278 e. The third-order valence-electron chi connectivity index (χ3n) is 3.91. The van der Waals surface area contributed by atoms with Crippen LogP contribution in [0.4, 0.5) is 0 Å². The molecule has 1 aromatic carbocycles. The van der Waals surface area contributed by atoms with Crippen molar-refractivity contribution in [1.29, 1.82) is 0 Å². The summed E-state index contributed by atoms with van der Waals surface area (Å²) >= 11 is 3.18. The fourth-order valence-corrected chi connectivity index (χ4v) is 4.42. The Morgan fingerprint density at radius 2 is 2.00 bits per heavy atom. The van der Waals surface area contributed by atoms with E-state index in [-0.39, 0.29) is 4.74 Å². The third kappa shape index (κ3) is 5.15. The van der Waals surface area contributed by atoms with Gasteiger partial charge in [-0.3, -0.25) is 4.79 Å². The van der Waals surface area contributed by atoms with Gasteiger partial charge in [-0.2, -0.15) is 0 Å². The van der Waals surface area contributed by atoms with Crippen LogP contribution in [0.3, 0.4) is 0 Å². The van der Waals surface area contributed by atoms with E-state index in [4.69, 9.17) is 0 Å². The maximum absolute atomic E-state index is 11.8. The zero-order valence-corrected chi connectivity index (χ0v) is 14.6. The van der Waals surface area contributed by atoms with Gasteiger partial charge < -0.3 is 0 Å². The summed E-state index contributed by atoms with van der Waals surface area (Å²) in [6, 6.07) is 10.0. The molecule has 0 aliphatic heterocycles. The summed E-state index contributed by atoms with van der Waals surface area (Å²) in [5.74, 6) is 1.97. The lowest BCUT2D eigenvalue weighted by molar-refractivity contribution is 0.483. The first-order chi connectivity index (χ1) is 10.2. The van der Waals surface area contributed by atoms with Crippen molar-refractivity contribution in [3.8, 4) is 0 Å². The Balaban J connectivity index is 1.85. The fourth-order valence-electron chi connectivity index (χ4n) is 2.36. The predicted molar refractivity (Wildman–Crippen MR) is 96.7 cm³/mol. The van der Waals surface area contributed by atoms with E-state index < -0.39 is 0 Å². The zero-order chi connectivity index (χ0) is 15.1. The first kappa shape index (κ1) is 16.6. The van der Waals surface area contributed by atoms with Gasteiger partial charge in [0.05, 0.1) is 0 Å². The molecule has 0 saturated heterocycles. The van der Waals surface area contributed by atoms with E-state index in [1.165, 1.54) is 48.8 Å². The van der Waals surface area contributed by atoms with Crippen LogP contribution in [-0.2, 0) is 0 Å². The number of fused-ring (bicyclic) bond motifs is 1. The van der Waals surface area contributed by atoms with E-state index in [1.807, 2.05) is 23.9 Å². The molecule has 1 unspecified atom stereocenters. The highest BCUT2D eigenvalue weighted by atomic mass is 32.2. The highest BCUT2D eigenvalue weighted by molar-refractivity contribution is 7.99. The van der Waals surface area contributed by atoms with Crippen molar-refractivity contribution in [2.75, 3.05) is 5.75 Å². The van der Waals surface area contributed by atoms with Crippen LogP contribution in [0.2, 0.25) is 0 Å². The van der Waals surface area contributed by atoms with Gasteiger partial charge >= 0.3 is 0 Å². The van der Waals surface area contributed by atoms with Crippen LogP contribution in [-0.4, -0.2) is 5.75 Å². The van der Waals surface area contributed by atoms with Gasteiger partial charge in [-0.05, 0) is 24.2 Å². The Bertz CT molecular complexity index is 618. The highest BCUT2D eigenvalue weighted by Gasteiger charge is 2.04. The number of rotatable bonds is 8. The second kappa shape index (κ2) is 8.60. The molecular weight excluding hydrogens is 296 g/mol. The van der Waals surface area contributed by atoms with Crippen LogP contribution in [0.25, 0.3) is 10.1 Å². The molecule has 0 amide bonds. The predicted octanol–water partition coefficient (Wildman–Crippen LogP) is 5.96. The minimum atomic E-state index is 0.160. The fraction of sp³-hybridized carbons (Fsp3) is 0.500. The van der Waals surface area contributed by atoms with E-state index in [0.29, 0.717) is 0 Å². The second-order valence-electron chi connectivity index (χ2n) is 5.64. The van der Waals surface area contributed by atoms with Gasteiger partial charge in [0.15, 0.2) is 0 Å². The van der Waals surface area contributed by atoms with Gasteiger partial charge in [0.2, 0.25) is 4.74 Å². The normalized spacial score (nSPS) is 12.7. The monoisotopic (exact) mass is 320 g/mol. The summed E-state index contributed by atoms with van der Waals surface area (Å²) in [6.07, 6.45) is 6.51. The Morgan fingerprint density at radius 1 is 1.19 bits per heavy atom. The van der Waals surface area contributed by atoms with Gasteiger partial charge in [0.1, 0.15) is 0 Å². The molecule has 0 spiro atoms. The number of benzene rings is 1. The summed E-state index contributed by atoms with van der Waals surface area (Å²) in [6.45, 7) is 4.60. The van der Waals surface area contributed by atoms with E-state index >= 15 is 0 Å². The lowest BCUT2D eigenvalue weighted by atomic mass is 10.0. The summed E-state index contributed by atoms with van der Waals surface area (Å²) in [5, 5.41) is 1.23. The molecule has 3 heteroatoms. The van der Waals surface area contributed by atoms with Gasteiger partial charge in [0.25, 0.3) is 0 Å². The van der Waals surface area contributed by atoms with E-state index in [9.17, 15) is 4.79 Å². The van der Waals surface area contributed by atoms with Crippen molar-refractivity contribution in [3.05, 3.63) is 39.9 Å². The molecule has 1 heterocycles. The Labute approximate surface area is 135 Å². The third-order valence-corrected chi connectivity index (χ3v) is 5.94. The van der Waals surface area contributed by atoms with Crippen molar-refractivity contribution in [2.45, 2.75) is 50.8 Å². The SMILES string of the molecule is CCC(C)CCCCCSc1cc(=O)sc2ccccc12. The molecule has 0 aliphatic rings. The summed E-state index contributed by atoms with van der Waals surface area (Å²) in [4.78, 5) is 12.9. The lowest BCUT2D eigenvalue weighted by Crippen LogP contribution is -1.94. The molecule has 0 fully saturated rings. The standard InChI is InChI=1S/C18H24OS2/c1-3-14(2)9-5-4-8-12-20-17-13-18(19)21-16-11-7-6-10-15(16)17/h6-7,10-11,13-14H,3-5,8-9,12H2,1-2H3. The molecule has 1 nitrogen and oxygen atoms in total. The van der Waals surface area contributed by atoms with E-state index in [0.717, 1.165) is 21.3 Å². The van der Waals surface area contributed by atoms with Gasteiger partial charge in [0, 0.05) is 21.0 Å². The average Bonchev–Trinajstić information content (AvgIpc) is 2.50. The molecule has 21 heavy (non-hydrogen) atoms. The minimum absolute atomic E-state index is 0.160. The molecule has 0 saturated carbocycles. The second-order valence-corrected chi connectivity index (χ2v) is 7.82. The molecule has 1 atom stereocenters. The van der Waals surface area contributed by atoms with E-state index in [2.05, 4.69) is 26.0 Å². The van der Waals surface area contributed by atoms with Crippen molar-refractivity contribution in [1.82, 2.24) is 0 Å². The topological polar surface area (TPSA) is 17.1 Å². The molecule has 0 aliphatic carbocycles. The molecule has 0 N–H and O–H groups in total. The van der Waals surface area contributed by atoms with Crippen molar-refractivity contribution >= 4 is 33.2 Å². The molecule has 2 aromatic rings. The molecule has 114 valence electrons. The molecule has 0 bridgehead atoms. The van der Waals surface area contributed by atoms with Crippen LogP contribution < -0.4 is 4.74 Å². The maximum atomic E-state index is 11.8. The van der Waals surface area contributed by atoms with Gasteiger partial charge in [-0.15, -0.1) is 11.8 Å². The molecule has 0 radical (unpaired) electrons. The van der Waals surface area contributed by atoms with E-state index in [1.54, 1.807) is 6.07 Å². The summed E-state index contributed by atoms with van der Waals surface area (Å²) in [7, 11) is 0. The first-order valence-corrected chi connectivity index (χ1v) is 9.66. The van der Waals surface area contributed by atoms with Gasteiger partial charge in [-0.25, -0.2) is 0 Å². The smallest absolute Gasteiger partial charge is 0.234 e. The average molecular weight is 321 g/mol. The zero-order valence-electron chi connectivity index (χ0n) is 12.9. The van der Waals surface area contributed by atoms with Crippen LogP contribution >= 0.6 is 23.1 Å². The number of hydrogen-bond donors (Lipinski definition) is 0. The van der Waals surface area contributed by atoms with Gasteiger partial charge in [-0.1, -0.05) is 69.1 Å². The largest absolute Gasteiger partial charge is 0.278 e. The quantitative estimate of drug-likeness (QED) is 0.441.